The molecule has 132 valence electrons. The van der Waals surface area contributed by atoms with Crippen LogP contribution in [0.4, 0.5) is 0 Å². The predicted molar refractivity (Wildman–Crippen MR) is 95.6 cm³/mol. The molecule has 0 fully saturated rings. The largest absolute Gasteiger partial charge is 0.497 e. The number of aromatic nitrogens is 3. The van der Waals surface area contributed by atoms with Crippen LogP contribution in [-0.2, 0) is 4.79 Å². The number of rotatable bonds is 7. The van der Waals surface area contributed by atoms with Crippen LogP contribution < -0.4 is 10.1 Å². The summed E-state index contributed by atoms with van der Waals surface area (Å²) in [5.41, 5.74) is -0.0147. The van der Waals surface area contributed by atoms with Gasteiger partial charge in [0.05, 0.1) is 18.9 Å². The third-order valence-corrected chi connectivity index (χ3v) is 4.93. The van der Waals surface area contributed by atoms with Crippen molar-refractivity contribution in [2.45, 2.75) is 31.5 Å². The number of carbonyl (C=O) groups is 1. The Morgan fingerprint density at radius 1 is 1.44 bits per heavy atom. The molecule has 0 saturated carbocycles. The second-order valence-electron chi connectivity index (χ2n) is 5.99. The van der Waals surface area contributed by atoms with Gasteiger partial charge in [0.1, 0.15) is 17.6 Å². The Kier molecular flexibility index (Phi) is 6.04. The molecule has 1 atom stereocenters. The van der Waals surface area contributed by atoms with Crippen molar-refractivity contribution in [3.8, 4) is 17.5 Å². The van der Waals surface area contributed by atoms with Crippen LogP contribution in [0.3, 0.4) is 0 Å². The highest BCUT2D eigenvalue weighted by Crippen LogP contribution is 2.22. The quantitative estimate of drug-likeness (QED) is 0.763. The maximum absolute atomic E-state index is 12.2. The fraction of sp³-hybridized carbons (Fsp3) is 0.412. The van der Waals surface area contributed by atoms with Gasteiger partial charge in [0.2, 0.25) is 5.91 Å². The zero-order chi connectivity index (χ0) is 18.4. The van der Waals surface area contributed by atoms with Crippen molar-refractivity contribution in [3.63, 3.8) is 0 Å². The Bertz CT molecular complexity index is 766. The van der Waals surface area contributed by atoms with Gasteiger partial charge in [0.15, 0.2) is 5.16 Å². The van der Waals surface area contributed by atoms with E-state index in [-0.39, 0.29) is 17.6 Å². The smallest absolute Gasteiger partial charge is 0.231 e. The van der Waals surface area contributed by atoms with Crippen LogP contribution in [-0.4, -0.2) is 39.1 Å². The zero-order valence-electron chi connectivity index (χ0n) is 14.7. The molecule has 0 spiro atoms. The number of benzene rings is 1. The first-order valence-electron chi connectivity index (χ1n) is 7.79. The number of hydrogen-bond donors (Lipinski definition) is 1. The Balaban J connectivity index is 2.04. The van der Waals surface area contributed by atoms with E-state index in [1.807, 2.05) is 38.1 Å². The molecule has 1 aromatic heterocycles. The summed E-state index contributed by atoms with van der Waals surface area (Å²) in [6.07, 6.45) is 1.59. The van der Waals surface area contributed by atoms with Crippen LogP contribution in [0.15, 0.2) is 35.7 Å². The van der Waals surface area contributed by atoms with E-state index in [0.29, 0.717) is 5.16 Å². The molecular formula is C17H21N5O2S. The molecule has 1 N–H and O–H groups in total. The summed E-state index contributed by atoms with van der Waals surface area (Å²) in [4.78, 5) is 12.2. The predicted octanol–water partition coefficient (Wildman–Crippen LogP) is 2.42. The average Bonchev–Trinajstić information content (AvgIpc) is 3.08. The van der Waals surface area contributed by atoms with E-state index in [0.717, 1.165) is 11.4 Å². The summed E-state index contributed by atoms with van der Waals surface area (Å²) in [7, 11) is 1.61. The third-order valence-electron chi connectivity index (χ3n) is 3.99. The first kappa shape index (κ1) is 18.8. The summed E-state index contributed by atoms with van der Waals surface area (Å²) >= 11 is 1.27. The Labute approximate surface area is 151 Å². The van der Waals surface area contributed by atoms with Crippen LogP contribution in [0.2, 0.25) is 0 Å². The molecule has 8 heteroatoms. The van der Waals surface area contributed by atoms with Crippen molar-refractivity contribution in [3.05, 3.63) is 30.6 Å². The maximum atomic E-state index is 12.2. The lowest BCUT2D eigenvalue weighted by molar-refractivity contribution is -0.120. The second-order valence-corrected chi connectivity index (χ2v) is 6.93. The summed E-state index contributed by atoms with van der Waals surface area (Å²) in [5, 5.41) is 20.6. The van der Waals surface area contributed by atoms with Crippen molar-refractivity contribution in [1.82, 2.24) is 20.1 Å². The van der Waals surface area contributed by atoms with Crippen LogP contribution in [0.25, 0.3) is 5.69 Å². The first-order valence-corrected chi connectivity index (χ1v) is 8.77. The van der Waals surface area contributed by atoms with E-state index in [1.165, 1.54) is 11.8 Å². The minimum absolute atomic E-state index is 0.00871. The number of thioether (sulfide) groups is 1. The van der Waals surface area contributed by atoms with Gasteiger partial charge in [-0.1, -0.05) is 25.6 Å². The zero-order valence-corrected chi connectivity index (χ0v) is 15.5. The van der Waals surface area contributed by atoms with E-state index in [2.05, 4.69) is 21.6 Å². The highest BCUT2D eigenvalue weighted by molar-refractivity contribution is 7.99. The van der Waals surface area contributed by atoms with Crippen molar-refractivity contribution < 1.29 is 9.53 Å². The normalized spacial score (nSPS) is 13.1. The van der Waals surface area contributed by atoms with Crippen LogP contribution >= 0.6 is 11.8 Å². The molecule has 1 amide bonds. The molecule has 0 saturated heterocycles. The van der Waals surface area contributed by atoms with Crippen molar-refractivity contribution in [2.24, 2.45) is 5.92 Å². The topological polar surface area (TPSA) is 92.8 Å². The van der Waals surface area contributed by atoms with Gasteiger partial charge in [0, 0.05) is 5.69 Å². The van der Waals surface area contributed by atoms with Crippen LogP contribution in [0, 0.1) is 17.2 Å². The summed E-state index contributed by atoms with van der Waals surface area (Å²) < 4.78 is 6.94. The van der Waals surface area contributed by atoms with E-state index in [1.54, 1.807) is 24.9 Å². The molecule has 25 heavy (non-hydrogen) atoms. The fourth-order valence-electron chi connectivity index (χ4n) is 2.00. The van der Waals surface area contributed by atoms with Gasteiger partial charge in [-0.05, 0) is 37.1 Å². The highest BCUT2D eigenvalue weighted by atomic mass is 32.2. The first-order chi connectivity index (χ1) is 11.9. The van der Waals surface area contributed by atoms with Crippen molar-refractivity contribution in [1.29, 1.82) is 5.26 Å². The molecule has 1 aromatic carbocycles. The van der Waals surface area contributed by atoms with Crippen LogP contribution in [0.1, 0.15) is 20.8 Å². The van der Waals surface area contributed by atoms with Crippen LogP contribution in [0.5, 0.6) is 5.75 Å². The number of ether oxygens (including phenoxy) is 1. The number of nitrogens with zero attached hydrogens (tertiary/aromatic N) is 4. The van der Waals surface area contributed by atoms with Gasteiger partial charge in [-0.25, -0.2) is 0 Å². The van der Waals surface area contributed by atoms with Crippen molar-refractivity contribution in [2.75, 3.05) is 12.9 Å². The SMILES string of the molecule is COc1ccc(-n2cnnc2SCC(=O)N[C@](C)(C#N)C(C)C)cc1. The molecule has 1 heterocycles. The molecule has 0 bridgehead atoms. The van der Waals surface area contributed by atoms with E-state index >= 15 is 0 Å². The minimum atomic E-state index is -0.888. The van der Waals surface area contributed by atoms with Gasteiger partial charge >= 0.3 is 0 Å². The molecule has 7 nitrogen and oxygen atoms in total. The Morgan fingerprint density at radius 3 is 2.68 bits per heavy atom. The maximum Gasteiger partial charge on any atom is 0.231 e. The monoisotopic (exact) mass is 359 g/mol. The van der Waals surface area contributed by atoms with Gasteiger partial charge in [-0.2, -0.15) is 5.26 Å². The molecule has 0 aliphatic carbocycles. The molecular weight excluding hydrogens is 338 g/mol. The Hall–Kier alpha value is -2.53. The molecule has 2 aromatic rings. The number of nitrogens with one attached hydrogen (secondary N) is 1. The van der Waals surface area contributed by atoms with E-state index in [4.69, 9.17) is 4.74 Å². The number of hydrogen-bond acceptors (Lipinski definition) is 6. The van der Waals surface area contributed by atoms with Crippen molar-refractivity contribution >= 4 is 17.7 Å². The minimum Gasteiger partial charge on any atom is -0.497 e. The fourth-order valence-corrected chi connectivity index (χ4v) is 2.73. The molecule has 0 aliphatic heterocycles. The Morgan fingerprint density at radius 2 is 2.12 bits per heavy atom. The summed E-state index contributed by atoms with van der Waals surface area (Å²) in [6.45, 7) is 5.52. The summed E-state index contributed by atoms with van der Waals surface area (Å²) in [6, 6.07) is 9.63. The number of amides is 1. The lowest BCUT2D eigenvalue weighted by atomic mass is 9.90. The number of nitriles is 1. The van der Waals surface area contributed by atoms with E-state index < -0.39 is 5.54 Å². The van der Waals surface area contributed by atoms with Gasteiger partial charge in [-0.3, -0.25) is 9.36 Å². The molecule has 0 radical (unpaired) electrons. The van der Waals surface area contributed by atoms with Gasteiger partial charge in [0.25, 0.3) is 0 Å². The lowest BCUT2D eigenvalue weighted by Crippen LogP contribution is -2.49. The van der Waals surface area contributed by atoms with E-state index in [9.17, 15) is 10.1 Å². The molecule has 2 rings (SSSR count). The standard InChI is InChI=1S/C17H21N5O2S/c1-12(2)17(3,10-18)20-15(23)9-25-16-21-19-11-22(16)13-5-7-14(24-4)8-6-13/h5-8,11-12H,9H2,1-4H3,(H,20,23)/t17-/m1/s1. The van der Waals surface area contributed by atoms with Gasteiger partial charge in [-0.15, -0.1) is 10.2 Å². The molecule has 0 aliphatic rings. The number of carbonyl (C=O) groups excluding carboxylic acids is 1. The number of methoxy groups -OCH3 is 1. The third kappa shape index (κ3) is 4.51. The second kappa shape index (κ2) is 8.03. The summed E-state index contributed by atoms with van der Waals surface area (Å²) in [5.74, 6) is 0.704. The molecule has 0 unspecified atom stereocenters. The lowest BCUT2D eigenvalue weighted by Gasteiger charge is -2.27. The highest BCUT2D eigenvalue weighted by Gasteiger charge is 2.30. The average molecular weight is 359 g/mol. The van der Waals surface area contributed by atoms with Gasteiger partial charge < -0.3 is 10.1 Å².